The first-order valence-corrected chi connectivity index (χ1v) is 6.67. The highest BCUT2D eigenvalue weighted by atomic mass is 16.6. The molecule has 1 saturated heterocycles. The predicted molar refractivity (Wildman–Crippen MR) is 74.2 cm³/mol. The van der Waals surface area contributed by atoms with Crippen LogP contribution in [0.3, 0.4) is 0 Å². The monoisotopic (exact) mass is 264 g/mol. The molecule has 0 saturated carbocycles. The number of rotatable bonds is 3. The van der Waals surface area contributed by atoms with E-state index in [1.165, 1.54) is 12.5 Å². The van der Waals surface area contributed by atoms with E-state index in [-0.39, 0.29) is 17.2 Å². The number of hydrogen-bond acceptors (Lipinski definition) is 4. The molecule has 1 aliphatic heterocycles. The molecule has 1 N–H and O–H groups in total. The first-order valence-electron chi connectivity index (χ1n) is 6.67. The van der Waals surface area contributed by atoms with Gasteiger partial charge in [-0.1, -0.05) is 13.0 Å². The number of hydrogen-bond donors (Lipinski definition) is 1. The van der Waals surface area contributed by atoms with Crippen molar-refractivity contribution < 1.29 is 10.0 Å². The summed E-state index contributed by atoms with van der Waals surface area (Å²) in [6.07, 6.45) is 2.22. The molecule has 1 aromatic rings. The van der Waals surface area contributed by atoms with Gasteiger partial charge in [0.25, 0.3) is 5.69 Å². The highest BCUT2D eigenvalue weighted by molar-refractivity contribution is 5.65. The average Bonchev–Trinajstić information content (AvgIpc) is 2.40. The number of aliphatic hydroxyl groups is 1. The summed E-state index contributed by atoms with van der Waals surface area (Å²) in [5, 5.41) is 20.3. The number of benzene rings is 1. The van der Waals surface area contributed by atoms with Crippen LogP contribution < -0.4 is 4.90 Å². The Morgan fingerprint density at radius 2 is 2.16 bits per heavy atom. The standard InChI is InChI=1S/C14H20N2O3/c1-10-3-4-11(2)15(8-10)13-6-5-12(9-17)7-14(13)16(18)19/h5-7,10-11,17H,3-4,8-9H2,1-2H3. The van der Waals surface area contributed by atoms with E-state index in [1.54, 1.807) is 12.1 Å². The molecule has 0 aliphatic carbocycles. The largest absolute Gasteiger partial charge is 0.392 e. The predicted octanol–water partition coefficient (Wildman–Crippen LogP) is 2.71. The van der Waals surface area contributed by atoms with E-state index < -0.39 is 0 Å². The number of nitro benzene ring substituents is 1. The van der Waals surface area contributed by atoms with Crippen molar-refractivity contribution in [1.29, 1.82) is 0 Å². The van der Waals surface area contributed by atoms with E-state index >= 15 is 0 Å². The molecule has 19 heavy (non-hydrogen) atoms. The summed E-state index contributed by atoms with van der Waals surface area (Å²) in [5.41, 5.74) is 1.34. The lowest BCUT2D eigenvalue weighted by molar-refractivity contribution is -0.384. The molecule has 2 unspecified atom stereocenters. The van der Waals surface area contributed by atoms with Crippen molar-refractivity contribution in [2.24, 2.45) is 5.92 Å². The van der Waals surface area contributed by atoms with Crippen LogP contribution in [0.25, 0.3) is 0 Å². The van der Waals surface area contributed by atoms with E-state index in [4.69, 9.17) is 5.11 Å². The number of anilines is 1. The molecular weight excluding hydrogens is 244 g/mol. The second-order valence-electron chi connectivity index (χ2n) is 5.42. The van der Waals surface area contributed by atoms with Crippen LogP contribution >= 0.6 is 0 Å². The third-order valence-electron chi connectivity index (χ3n) is 3.85. The lowest BCUT2D eigenvalue weighted by Gasteiger charge is -2.38. The van der Waals surface area contributed by atoms with Crippen LogP contribution in [0.2, 0.25) is 0 Å². The Bertz CT molecular complexity index is 476. The van der Waals surface area contributed by atoms with E-state index in [0.29, 0.717) is 23.2 Å². The highest BCUT2D eigenvalue weighted by Gasteiger charge is 2.28. The molecule has 1 heterocycles. The number of aliphatic hydroxyl groups excluding tert-OH is 1. The molecule has 2 rings (SSSR count). The Morgan fingerprint density at radius 1 is 1.42 bits per heavy atom. The Hall–Kier alpha value is -1.62. The quantitative estimate of drug-likeness (QED) is 0.673. The molecule has 2 atom stereocenters. The lowest BCUT2D eigenvalue weighted by atomic mass is 9.94. The summed E-state index contributed by atoms with van der Waals surface area (Å²) in [7, 11) is 0. The van der Waals surface area contributed by atoms with Crippen molar-refractivity contribution in [2.75, 3.05) is 11.4 Å². The van der Waals surface area contributed by atoms with Crippen LogP contribution in [-0.2, 0) is 6.61 Å². The smallest absolute Gasteiger partial charge is 0.292 e. The van der Waals surface area contributed by atoms with Gasteiger partial charge in [-0.3, -0.25) is 10.1 Å². The lowest BCUT2D eigenvalue weighted by Crippen LogP contribution is -2.41. The van der Waals surface area contributed by atoms with E-state index in [2.05, 4.69) is 18.7 Å². The van der Waals surface area contributed by atoms with Crippen LogP contribution in [0.1, 0.15) is 32.3 Å². The van der Waals surface area contributed by atoms with Gasteiger partial charge in [-0.25, -0.2) is 0 Å². The highest BCUT2D eigenvalue weighted by Crippen LogP contribution is 2.34. The van der Waals surface area contributed by atoms with Gasteiger partial charge in [0.1, 0.15) is 5.69 Å². The van der Waals surface area contributed by atoms with E-state index in [0.717, 1.165) is 13.0 Å². The van der Waals surface area contributed by atoms with Gasteiger partial charge in [0.05, 0.1) is 11.5 Å². The topological polar surface area (TPSA) is 66.6 Å². The summed E-state index contributed by atoms with van der Waals surface area (Å²) >= 11 is 0. The van der Waals surface area contributed by atoms with Crippen LogP contribution in [0.5, 0.6) is 0 Å². The zero-order valence-electron chi connectivity index (χ0n) is 11.4. The van der Waals surface area contributed by atoms with Crippen molar-refractivity contribution in [1.82, 2.24) is 0 Å². The molecular formula is C14H20N2O3. The van der Waals surface area contributed by atoms with Crippen molar-refractivity contribution in [3.63, 3.8) is 0 Å². The Balaban J connectivity index is 2.40. The fraction of sp³-hybridized carbons (Fsp3) is 0.571. The minimum atomic E-state index is -0.361. The molecule has 104 valence electrons. The molecule has 5 heteroatoms. The van der Waals surface area contributed by atoms with Gasteiger partial charge in [0.2, 0.25) is 0 Å². The van der Waals surface area contributed by atoms with Gasteiger partial charge < -0.3 is 10.0 Å². The average molecular weight is 264 g/mol. The van der Waals surface area contributed by atoms with Crippen LogP contribution in [-0.4, -0.2) is 22.6 Å². The zero-order valence-corrected chi connectivity index (χ0v) is 11.4. The van der Waals surface area contributed by atoms with Gasteiger partial charge in [-0.15, -0.1) is 0 Å². The minimum Gasteiger partial charge on any atom is -0.392 e. The third-order valence-corrected chi connectivity index (χ3v) is 3.85. The molecule has 1 aromatic carbocycles. The zero-order chi connectivity index (χ0) is 14.0. The summed E-state index contributed by atoms with van der Waals surface area (Å²) < 4.78 is 0. The van der Waals surface area contributed by atoms with Gasteiger partial charge in [-0.05, 0) is 37.3 Å². The van der Waals surface area contributed by atoms with Crippen molar-refractivity contribution in [3.8, 4) is 0 Å². The maximum Gasteiger partial charge on any atom is 0.292 e. The molecule has 0 amide bonds. The van der Waals surface area contributed by atoms with Crippen molar-refractivity contribution in [3.05, 3.63) is 33.9 Å². The third kappa shape index (κ3) is 2.87. The molecule has 0 spiro atoms. The Kier molecular flexibility index (Phi) is 4.04. The van der Waals surface area contributed by atoms with Gasteiger partial charge >= 0.3 is 0 Å². The Labute approximate surface area is 113 Å². The van der Waals surface area contributed by atoms with Crippen LogP contribution in [0.15, 0.2) is 18.2 Å². The molecule has 0 radical (unpaired) electrons. The van der Waals surface area contributed by atoms with E-state index in [9.17, 15) is 10.1 Å². The van der Waals surface area contributed by atoms with Gasteiger partial charge in [0.15, 0.2) is 0 Å². The second-order valence-corrected chi connectivity index (χ2v) is 5.42. The van der Waals surface area contributed by atoms with Crippen molar-refractivity contribution >= 4 is 11.4 Å². The molecule has 0 bridgehead atoms. The molecule has 1 aliphatic rings. The first-order chi connectivity index (χ1) is 9.02. The minimum absolute atomic E-state index is 0.0903. The first kappa shape index (κ1) is 13.8. The van der Waals surface area contributed by atoms with Gasteiger partial charge in [0, 0.05) is 18.7 Å². The SMILES string of the molecule is CC1CCC(C)N(c2ccc(CO)cc2[N+](=O)[O-])C1. The second kappa shape index (κ2) is 5.57. The summed E-state index contributed by atoms with van der Waals surface area (Å²) in [6, 6.07) is 5.31. The summed E-state index contributed by atoms with van der Waals surface area (Å²) in [5.74, 6) is 0.549. The number of nitro groups is 1. The fourth-order valence-electron chi connectivity index (χ4n) is 2.68. The molecule has 5 nitrogen and oxygen atoms in total. The maximum atomic E-state index is 11.2. The van der Waals surface area contributed by atoms with Crippen molar-refractivity contribution in [2.45, 2.75) is 39.3 Å². The summed E-state index contributed by atoms with van der Waals surface area (Å²) in [4.78, 5) is 13.0. The Morgan fingerprint density at radius 3 is 2.79 bits per heavy atom. The fourth-order valence-corrected chi connectivity index (χ4v) is 2.68. The number of nitrogens with zero attached hydrogens (tertiary/aromatic N) is 2. The van der Waals surface area contributed by atoms with Crippen LogP contribution in [0.4, 0.5) is 11.4 Å². The van der Waals surface area contributed by atoms with Crippen LogP contribution in [0, 0.1) is 16.0 Å². The molecule has 0 aromatic heterocycles. The number of piperidine rings is 1. The molecule has 1 fully saturated rings. The van der Waals surface area contributed by atoms with E-state index in [1.807, 2.05) is 0 Å². The van der Waals surface area contributed by atoms with Gasteiger partial charge in [-0.2, -0.15) is 0 Å². The maximum absolute atomic E-state index is 11.2. The summed E-state index contributed by atoms with van der Waals surface area (Å²) in [6.45, 7) is 4.95. The normalized spacial score (nSPS) is 23.4.